The van der Waals surface area contributed by atoms with Crippen molar-refractivity contribution in [2.45, 2.75) is 19.1 Å². The van der Waals surface area contributed by atoms with E-state index in [-0.39, 0.29) is 29.6 Å². The molecule has 1 aromatic carbocycles. The van der Waals surface area contributed by atoms with Crippen LogP contribution in [-0.2, 0) is 11.4 Å². The highest BCUT2D eigenvalue weighted by Gasteiger charge is 2.30. The number of carbonyl (C=O) groups excluding carboxylic acids is 1. The van der Waals surface area contributed by atoms with E-state index in [9.17, 15) is 13.6 Å². The van der Waals surface area contributed by atoms with Gasteiger partial charge in [0.05, 0.1) is 12.8 Å². The fraction of sp³-hybridized carbons (Fsp3) is 0.200. The monoisotopic (exact) mass is 420 g/mol. The maximum Gasteiger partial charge on any atom is 0.289 e. The second-order valence-corrected chi connectivity index (χ2v) is 6.84. The molecular formula is C20H15ClF2N2O4. The highest BCUT2D eigenvalue weighted by atomic mass is 35.5. The molecule has 0 bridgehead atoms. The average Bonchev–Trinajstić information content (AvgIpc) is 3.44. The van der Waals surface area contributed by atoms with Crippen molar-refractivity contribution >= 4 is 23.2 Å². The number of halogens is 3. The lowest BCUT2D eigenvalue weighted by molar-refractivity contribution is 0.0385. The van der Waals surface area contributed by atoms with Crippen molar-refractivity contribution in [1.29, 1.82) is 0 Å². The predicted molar refractivity (Wildman–Crippen MR) is 99.6 cm³/mol. The number of benzene rings is 1. The summed E-state index contributed by atoms with van der Waals surface area (Å²) >= 11 is 5.79. The Morgan fingerprint density at radius 1 is 1.24 bits per heavy atom. The van der Waals surface area contributed by atoms with Gasteiger partial charge in [0.15, 0.2) is 22.8 Å². The summed E-state index contributed by atoms with van der Waals surface area (Å²) in [7, 11) is 0. The van der Waals surface area contributed by atoms with Crippen LogP contribution in [0.2, 0.25) is 5.22 Å². The van der Waals surface area contributed by atoms with Crippen molar-refractivity contribution in [2.75, 3.05) is 6.54 Å². The molecule has 0 aliphatic carbocycles. The molecular weight excluding hydrogens is 406 g/mol. The van der Waals surface area contributed by atoms with Crippen molar-refractivity contribution in [2.24, 2.45) is 5.16 Å². The van der Waals surface area contributed by atoms with Crippen LogP contribution in [-0.4, -0.2) is 29.2 Å². The molecule has 6 nitrogen and oxygen atoms in total. The van der Waals surface area contributed by atoms with E-state index in [1.807, 2.05) is 0 Å². The molecule has 0 fully saturated rings. The van der Waals surface area contributed by atoms with E-state index in [1.165, 1.54) is 23.3 Å². The summed E-state index contributed by atoms with van der Waals surface area (Å²) in [5.41, 5.74) is 0.725. The molecule has 3 aromatic rings. The van der Waals surface area contributed by atoms with Crippen LogP contribution < -0.4 is 0 Å². The summed E-state index contributed by atoms with van der Waals surface area (Å²) in [6.07, 6.45) is 1.27. The number of hydrogen-bond donors (Lipinski definition) is 0. The molecule has 1 aliphatic rings. The lowest BCUT2D eigenvalue weighted by atomic mass is 10.1. The number of furan rings is 2. The van der Waals surface area contributed by atoms with Gasteiger partial charge in [0.2, 0.25) is 0 Å². The van der Waals surface area contributed by atoms with E-state index < -0.39 is 23.6 Å². The second kappa shape index (κ2) is 8.08. The minimum atomic E-state index is -0.739. The Morgan fingerprint density at radius 3 is 2.79 bits per heavy atom. The van der Waals surface area contributed by atoms with Crippen molar-refractivity contribution < 1.29 is 27.2 Å². The minimum Gasteiger partial charge on any atom is -0.459 e. The Bertz CT molecular complexity index is 1050. The highest BCUT2D eigenvalue weighted by molar-refractivity contribution is 6.29. The molecule has 29 heavy (non-hydrogen) atoms. The lowest BCUT2D eigenvalue weighted by Gasteiger charge is -2.24. The molecule has 0 radical (unpaired) electrons. The number of nitrogens with zero attached hydrogens (tertiary/aromatic N) is 2. The standard InChI is InChI=1S/C20H15ClF2N2O4/c21-19-6-5-17(28-19)16-9-14(29-24-16)11-25(20(26)18-2-1-7-27-18)10-12-3-4-13(22)8-15(12)23/h1-8,14H,9-11H2. The predicted octanol–water partition coefficient (Wildman–Crippen LogP) is 4.64. The SMILES string of the molecule is O=C(c1ccco1)N(Cc1ccc(F)cc1F)CC1CC(c2ccc(Cl)o2)=NO1. The summed E-state index contributed by atoms with van der Waals surface area (Å²) in [5.74, 6) is -1.30. The number of oxime groups is 1. The number of rotatable bonds is 6. The van der Waals surface area contributed by atoms with Crippen LogP contribution in [0.5, 0.6) is 0 Å². The lowest BCUT2D eigenvalue weighted by Crippen LogP contribution is -2.37. The summed E-state index contributed by atoms with van der Waals surface area (Å²) in [6.45, 7) is 0.0191. The highest BCUT2D eigenvalue weighted by Crippen LogP contribution is 2.23. The van der Waals surface area contributed by atoms with Crippen LogP contribution in [0.3, 0.4) is 0 Å². The zero-order valence-electron chi connectivity index (χ0n) is 15.0. The van der Waals surface area contributed by atoms with Crippen molar-refractivity contribution in [3.8, 4) is 0 Å². The van der Waals surface area contributed by atoms with Crippen molar-refractivity contribution in [3.05, 3.63) is 82.7 Å². The topological polar surface area (TPSA) is 68.2 Å². The third kappa shape index (κ3) is 4.32. The molecule has 1 atom stereocenters. The van der Waals surface area contributed by atoms with Gasteiger partial charge in [-0.3, -0.25) is 4.79 Å². The molecule has 4 rings (SSSR count). The van der Waals surface area contributed by atoms with Gasteiger partial charge in [-0.05, 0) is 41.9 Å². The normalized spacial score (nSPS) is 15.8. The fourth-order valence-corrected chi connectivity index (χ4v) is 3.16. The van der Waals surface area contributed by atoms with Gasteiger partial charge in [-0.1, -0.05) is 11.2 Å². The summed E-state index contributed by atoms with van der Waals surface area (Å²) in [5, 5.41) is 4.22. The van der Waals surface area contributed by atoms with E-state index in [2.05, 4.69) is 5.16 Å². The summed E-state index contributed by atoms with van der Waals surface area (Å²) in [4.78, 5) is 19.6. The molecule has 3 heterocycles. The van der Waals surface area contributed by atoms with Gasteiger partial charge in [-0.2, -0.15) is 0 Å². The maximum absolute atomic E-state index is 14.1. The molecule has 2 aromatic heterocycles. The first-order valence-corrected chi connectivity index (χ1v) is 9.12. The molecule has 9 heteroatoms. The quantitative estimate of drug-likeness (QED) is 0.582. The zero-order chi connectivity index (χ0) is 20.4. The second-order valence-electron chi connectivity index (χ2n) is 6.47. The molecule has 1 aliphatic heterocycles. The molecule has 1 amide bonds. The first kappa shape index (κ1) is 19.2. The van der Waals surface area contributed by atoms with E-state index >= 15 is 0 Å². The summed E-state index contributed by atoms with van der Waals surface area (Å²) in [6, 6.07) is 9.58. The van der Waals surface area contributed by atoms with Gasteiger partial charge in [-0.25, -0.2) is 8.78 Å². The zero-order valence-corrected chi connectivity index (χ0v) is 15.7. The fourth-order valence-electron chi connectivity index (χ4n) is 3.02. The molecule has 0 saturated carbocycles. The molecule has 0 spiro atoms. The van der Waals surface area contributed by atoms with E-state index in [0.717, 1.165) is 12.1 Å². The smallest absolute Gasteiger partial charge is 0.289 e. The Morgan fingerprint density at radius 2 is 2.10 bits per heavy atom. The minimum absolute atomic E-state index is 0.0899. The first-order valence-electron chi connectivity index (χ1n) is 8.74. The van der Waals surface area contributed by atoms with Gasteiger partial charge < -0.3 is 18.6 Å². The molecule has 0 saturated heterocycles. The van der Waals surface area contributed by atoms with Crippen LogP contribution in [0.4, 0.5) is 8.78 Å². The number of carbonyl (C=O) groups is 1. The summed E-state index contributed by atoms with van der Waals surface area (Å²) < 4.78 is 37.8. The van der Waals surface area contributed by atoms with Gasteiger partial charge in [0.25, 0.3) is 5.91 Å². The van der Waals surface area contributed by atoms with Crippen LogP contribution in [0, 0.1) is 11.6 Å². The van der Waals surface area contributed by atoms with Gasteiger partial charge in [0, 0.05) is 24.6 Å². The Kier molecular flexibility index (Phi) is 5.35. The third-order valence-electron chi connectivity index (χ3n) is 4.41. The number of amides is 1. The Labute approximate surface area is 169 Å². The molecule has 150 valence electrons. The van der Waals surface area contributed by atoms with Gasteiger partial charge >= 0.3 is 0 Å². The molecule has 0 N–H and O–H groups in total. The Hall–Kier alpha value is -3.13. The van der Waals surface area contributed by atoms with Crippen molar-refractivity contribution in [3.63, 3.8) is 0 Å². The van der Waals surface area contributed by atoms with E-state index in [4.69, 9.17) is 25.3 Å². The van der Waals surface area contributed by atoms with Crippen LogP contribution >= 0.6 is 11.6 Å². The van der Waals surface area contributed by atoms with Crippen LogP contribution in [0.1, 0.15) is 28.3 Å². The van der Waals surface area contributed by atoms with Crippen molar-refractivity contribution in [1.82, 2.24) is 4.90 Å². The van der Waals surface area contributed by atoms with Crippen LogP contribution in [0.15, 0.2) is 62.7 Å². The van der Waals surface area contributed by atoms with Gasteiger partial charge in [-0.15, -0.1) is 0 Å². The largest absolute Gasteiger partial charge is 0.459 e. The Balaban J connectivity index is 1.51. The third-order valence-corrected chi connectivity index (χ3v) is 4.61. The van der Waals surface area contributed by atoms with E-state index in [0.29, 0.717) is 17.9 Å². The molecule has 1 unspecified atom stereocenters. The first-order chi connectivity index (χ1) is 14.0. The number of hydrogen-bond acceptors (Lipinski definition) is 5. The van der Waals surface area contributed by atoms with Gasteiger partial charge in [0.1, 0.15) is 17.3 Å². The average molecular weight is 421 g/mol. The van der Waals surface area contributed by atoms with Crippen LogP contribution in [0.25, 0.3) is 0 Å². The maximum atomic E-state index is 14.1. The van der Waals surface area contributed by atoms with E-state index in [1.54, 1.807) is 18.2 Å².